The predicted molar refractivity (Wildman–Crippen MR) is 65.4 cm³/mol. The highest BCUT2D eigenvalue weighted by Gasteiger charge is 2.20. The van der Waals surface area contributed by atoms with E-state index >= 15 is 0 Å². The third-order valence-corrected chi connectivity index (χ3v) is 3.20. The Hall–Kier alpha value is -1.51. The number of aryl methyl sites for hydroxylation is 1. The molecular weight excluding hydrogens is 216 g/mol. The summed E-state index contributed by atoms with van der Waals surface area (Å²) in [5.41, 5.74) is 3.66. The molecule has 0 aromatic heterocycles. The molecule has 92 valence electrons. The summed E-state index contributed by atoms with van der Waals surface area (Å²) >= 11 is 0. The van der Waals surface area contributed by atoms with Crippen LogP contribution in [0.2, 0.25) is 0 Å². The van der Waals surface area contributed by atoms with Crippen molar-refractivity contribution < 1.29 is 14.3 Å². The molecule has 1 aromatic carbocycles. The quantitative estimate of drug-likeness (QED) is 0.750. The SMILES string of the molecule is CCOC(=O)Cc1c(OC)ccc2c1CCC2. The van der Waals surface area contributed by atoms with Crippen LogP contribution in [0.3, 0.4) is 0 Å². The monoisotopic (exact) mass is 234 g/mol. The molecule has 0 unspecified atom stereocenters. The van der Waals surface area contributed by atoms with E-state index in [1.54, 1.807) is 7.11 Å². The van der Waals surface area contributed by atoms with Gasteiger partial charge in [0.25, 0.3) is 0 Å². The molecule has 0 N–H and O–H groups in total. The lowest BCUT2D eigenvalue weighted by atomic mass is 9.99. The second kappa shape index (κ2) is 5.21. The molecule has 1 aromatic rings. The number of rotatable bonds is 4. The number of methoxy groups -OCH3 is 1. The first kappa shape index (κ1) is 12.0. The summed E-state index contributed by atoms with van der Waals surface area (Å²) < 4.78 is 10.4. The van der Waals surface area contributed by atoms with Crippen LogP contribution in [0, 0.1) is 0 Å². The Labute approximate surface area is 102 Å². The lowest BCUT2D eigenvalue weighted by molar-refractivity contribution is -0.142. The average Bonchev–Trinajstić information content (AvgIpc) is 2.78. The van der Waals surface area contributed by atoms with E-state index < -0.39 is 0 Å². The Morgan fingerprint density at radius 2 is 2.18 bits per heavy atom. The first-order valence-electron chi connectivity index (χ1n) is 6.09. The Morgan fingerprint density at radius 1 is 1.35 bits per heavy atom. The van der Waals surface area contributed by atoms with Gasteiger partial charge in [-0.05, 0) is 43.4 Å². The third-order valence-electron chi connectivity index (χ3n) is 3.20. The first-order valence-corrected chi connectivity index (χ1v) is 6.09. The van der Waals surface area contributed by atoms with E-state index in [0.29, 0.717) is 13.0 Å². The topological polar surface area (TPSA) is 35.5 Å². The highest BCUT2D eigenvalue weighted by atomic mass is 16.5. The molecule has 1 aliphatic carbocycles. The second-order valence-electron chi connectivity index (χ2n) is 4.22. The molecule has 0 aliphatic heterocycles. The van der Waals surface area contributed by atoms with Crippen LogP contribution in [-0.2, 0) is 28.8 Å². The average molecular weight is 234 g/mol. The summed E-state index contributed by atoms with van der Waals surface area (Å²) in [5.74, 6) is 0.629. The molecule has 1 aliphatic rings. The molecule has 0 saturated heterocycles. The zero-order chi connectivity index (χ0) is 12.3. The van der Waals surface area contributed by atoms with Gasteiger partial charge in [0.15, 0.2) is 0 Å². The molecule has 0 spiro atoms. The van der Waals surface area contributed by atoms with E-state index in [9.17, 15) is 4.79 Å². The molecule has 2 rings (SSSR count). The van der Waals surface area contributed by atoms with Gasteiger partial charge in [0.1, 0.15) is 5.75 Å². The highest BCUT2D eigenvalue weighted by Crippen LogP contribution is 2.32. The molecule has 0 atom stereocenters. The van der Waals surface area contributed by atoms with Crippen LogP contribution >= 0.6 is 0 Å². The Balaban J connectivity index is 2.30. The third kappa shape index (κ3) is 2.43. The smallest absolute Gasteiger partial charge is 0.310 e. The predicted octanol–water partition coefficient (Wildman–Crippen LogP) is 2.29. The lowest BCUT2D eigenvalue weighted by Crippen LogP contribution is -2.10. The van der Waals surface area contributed by atoms with Crippen molar-refractivity contribution in [1.29, 1.82) is 0 Å². The van der Waals surface area contributed by atoms with E-state index in [4.69, 9.17) is 9.47 Å². The fourth-order valence-electron chi connectivity index (χ4n) is 2.46. The fraction of sp³-hybridized carbons (Fsp3) is 0.500. The van der Waals surface area contributed by atoms with Gasteiger partial charge >= 0.3 is 5.97 Å². The summed E-state index contributed by atoms with van der Waals surface area (Å²) in [7, 11) is 1.64. The van der Waals surface area contributed by atoms with Crippen LogP contribution in [-0.4, -0.2) is 19.7 Å². The number of carbonyl (C=O) groups excluding carboxylic acids is 1. The van der Waals surface area contributed by atoms with Gasteiger partial charge < -0.3 is 9.47 Å². The molecule has 0 saturated carbocycles. The highest BCUT2D eigenvalue weighted by molar-refractivity contribution is 5.74. The molecule has 0 heterocycles. The van der Waals surface area contributed by atoms with Crippen molar-refractivity contribution >= 4 is 5.97 Å². The van der Waals surface area contributed by atoms with Gasteiger partial charge in [0, 0.05) is 5.56 Å². The maximum Gasteiger partial charge on any atom is 0.310 e. The van der Waals surface area contributed by atoms with Crippen molar-refractivity contribution in [2.45, 2.75) is 32.6 Å². The number of benzene rings is 1. The number of hydrogen-bond donors (Lipinski definition) is 0. The number of esters is 1. The Bertz CT molecular complexity index is 424. The zero-order valence-electron chi connectivity index (χ0n) is 10.4. The van der Waals surface area contributed by atoms with Gasteiger partial charge in [-0.15, -0.1) is 0 Å². The summed E-state index contributed by atoms with van der Waals surface area (Å²) in [5, 5.41) is 0. The second-order valence-corrected chi connectivity index (χ2v) is 4.22. The zero-order valence-corrected chi connectivity index (χ0v) is 10.4. The van der Waals surface area contributed by atoms with Crippen molar-refractivity contribution in [2.24, 2.45) is 0 Å². The van der Waals surface area contributed by atoms with Crippen LogP contribution in [0.5, 0.6) is 5.75 Å². The van der Waals surface area contributed by atoms with Crippen molar-refractivity contribution in [3.05, 3.63) is 28.8 Å². The van der Waals surface area contributed by atoms with Gasteiger partial charge in [-0.1, -0.05) is 6.07 Å². The van der Waals surface area contributed by atoms with Gasteiger partial charge in [-0.2, -0.15) is 0 Å². The molecule has 0 radical (unpaired) electrons. The van der Waals surface area contributed by atoms with E-state index in [2.05, 4.69) is 6.07 Å². The van der Waals surface area contributed by atoms with E-state index in [1.165, 1.54) is 17.5 Å². The lowest BCUT2D eigenvalue weighted by Gasteiger charge is -2.13. The van der Waals surface area contributed by atoms with Crippen LogP contribution in [0.15, 0.2) is 12.1 Å². The standard InChI is InChI=1S/C14H18O3/c1-3-17-14(15)9-12-11-6-4-5-10(11)7-8-13(12)16-2/h7-8H,3-6,9H2,1-2H3. The maximum atomic E-state index is 11.6. The summed E-state index contributed by atoms with van der Waals surface area (Å²) in [6.07, 6.45) is 3.63. The van der Waals surface area contributed by atoms with Crippen LogP contribution < -0.4 is 4.74 Å². The summed E-state index contributed by atoms with van der Waals surface area (Å²) in [6.45, 7) is 2.25. The molecule has 0 bridgehead atoms. The van der Waals surface area contributed by atoms with E-state index in [-0.39, 0.29) is 5.97 Å². The van der Waals surface area contributed by atoms with Crippen molar-refractivity contribution in [3.63, 3.8) is 0 Å². The van der Waals surface area contributed by atoms with Gasteiger partial charge in [-0.25, -0.2) is 0 Å². The van der Waals surface area contributed by atoms with E-state index in [1.807, 2.05) is 13.0 Å². The molecule has 3 heteroatoms. The Morgan fingerprint density at radius 3 is 2.88 bits per heavy atom. The van der Waals surface area contributed by atoms with Crippen LogP contribution in [0.25, 0.3) is 0 Å². The van der Waals surface area contributed by atoms with Crippen molar-refractivity contribution in [3.8, 4) is 5.75 Å². The maximum absolute atomic E-state index is 11.6. The van der Waals surface area contributed by atoms with Gasteiger partial charge in [0.05, 0.1) is 20.1 Å². The van der Waals surface area contributed by atoms with Crippen molar-refractivity contribution in [1.82, 2.24) is 0 Å². The fourth-order valence-corrected chi connectivity index (χ4v) is 2.46. The minimum absolute atomic E-state index is 0.175. The summed E-state index contributed by atoms with van der Waals surface area (Å²) in [4.78, 5) is 11.6. The number of hydrogen-bond acceptors (Lipinski definition) is 3. The van der Waals surface area contributed by atoms with Crippen LogP contribution in [0.1, 0.15) is 30.0 Å². The molecular formula is C14H18O3. The number of carbonyl (C=O) groups is 1. The molecule has 0 amide bonds. The number of ether oxygens (including phenoxy) is 2. The Kier molecular flexibility index (Phi) is 3.67. The van der Waals surface area contributed by atoms with Crippen LogP contribution in [0.4, 0.5) is 0 Å². The number of fused-ring (bicyclic) bond motifs is 1. The van der Waals surface area contributed by atoms with E-state index in [0.717, 1.165) is 24.2 Å². The minimum atomic E-state index is -0.175. The van der Waals surface area contributed by atoms with Gasteiger partial charge in [-0.3, -0.25) is 4.79 Å². The molecule has 17 heavy (non-hydrogen) atoms. The minimum Gasteiger partial charge on any atom is -0.496 e. The normalized spacial score (nSPS) is 13.3. The van der Waals surface area contributed by atoms with Crippen molar-refractivity contribution in [2.75, 3.05) is 13.7 Å². The molecule has 0 fully saturated rings. The largest absolute Gasteiger partial charge is 0.496 e. The molecule has 3 nitrogen and oxygen atoms in total. The summed E-state index contributed by atoms with van der Waals surface area (Å²) in [6, 6.07) is 4.06. The first-order chi connectivity index (χ1) is 8.26. The van der Waals surface area contributed by atoms with Gasteiger partial charge in [0.2, 0.25) is 0 Å².